The molecule has 1 aromatic carbocycles. The smallest absolute Gasteiger partial charge is 0.310 e. The number of hydrogen-bond donors (Lipinski definition) is 1. The summed E-state index contributed by atoms with van der Waals surface area (Å²) < 4.78 is 14.8. The van der Waals surface area contributed by atoms with Crippen molar-refractivity contribution in [1.82, 2.24) is 5.32 Å². The number of ether oxygens (including phenoxy) is 3. The van der Waals surface area contributed by atoms with E-state index in [9.17, 15) is 9.59 Å². The Morgan fingerprint density at radius 1 is 1.20 bits per heavy atom. The van der Waals surface area contributed by atoms with Crippen molar-refractivity contribution in [3.8, 4) is 5.75 Å². The van der Waals surface area contributed by atoms with E-state index < -0.39 is 5.97 Å². The third-order valence-electron chi connectivity index (χ3n) is 2.52. The summed E-state index contributed by atoms with van der Waals surface area (Å²) in [5.74, 6) is -0.208. The molecule has 0 fully saturated rings. The highest BCUT2D eigenvalue weighted by Gasteiger charge is 2.11. The second-order valence-corrected chi connectivity index (χ2v) is 3.99. The Kier molecular flexibility index (Phi) is 7.13. The summed E-state index contributed by atoms with van der Waals surface area (Å²) >= 11 is 0. The van der Waals surface area contributed by atoms with Crippen molar-refractivity contribution in [3.05, 3.63) is 29.8 Å². The van der Waals surface area contributed by atoms with Crippen LogP contribution in [0.3, 0.4) is 0 Å². The quantitative estimate of drug-likeness (QED) is 0.556. The molecule has 0 saturated heterocycles. The van der Waals surface area contributed by atoms with E-state index >= 15 is 0 Å². The first-order valence-electron chi connectivity index (χ1n) is 6.20. The van der Waals surface area contributed by atoms with Crippen molar-refractivity contribution in [2.24, 2.45) is 0 Å². The maximum atomic E-state index is 11.6. The summed E-state index contributed by atoms with van der Waals surface area (Å²) in [6, 6.07) is 7.17. The summed E-state index contributed by atoms with van der Waals surface area (Å²) in [7, 11) is 3.08. The van der Waals surface area contributed by atoms with Gasteiger partial charge in [0.05, 0.1) is 20.1 Å². The van der Waals surface area contributed by atoms with Crippen LogP contribution < -0.4 is 10.1 Å². The number of hydrogen-bond acceptors (Lipinski definition) is 5. The molecule has 1 aromatic rings. The van der Waals surface area contributed by atoms with Crippen molar-refractivity contribution >= 4 is 11.9 Å². The van der Waals surface area contributed by atoms with E-state index in [1.54, 1.807) is 19.2 Å². The van der Waals surface area contributed by atoms with Crippen molar-refractivity contribution < 1.29 is 23.8 Å². The van der Waals surface area contributed by atoms with E-state index in [1.165, 1.54) is 7.11 Å². The molecule has 1 rings (SSSR count). The Morgan fingerprint density at radius 3 is 2.65 bits per heavy atom. The van der Waals surface area contributed by atoms with Crippen LogP contribution in [0, 0.1) is 0 Å². The number of amides is 1. The molecule has 6 nitrogen and oxygen atoms in total. The Labute approximate surface area is 118 Å². The molecule has 0 heterocycles. The first-order valence-corrected chi connectivity index (χ1v) is 6.20. The molecule has 0 aliphatic heterocycles. The van der Waals surface area contributed by atoms with Crippen molar-refractivity contribution in [1.29, 1.82) is 0 Å². The Hall–Kier alpha value is -2.08. The predicted molar refractivity (Wildman–Crippen MR) is 72.5 cm³/mol. The van der Waals surface area contributed by atoms with Gasteiger partial charge in [-0.25, -0.2) is 0 Å². The molecule has 0 aliphatic carbocycles. The molecule has 0 atom stereocenters. The second-order valence-electron chi connectivity index (χ2n) is 3.99. The van der Waals surface area contributed by atoms with E-state index in [1.807, 2.05) is 12.1 Å². The Morgan fingerprint density at radius 2 is 1.95 bits per heavy atom. The van der Waals surface area contributed by atoms with Gasteiger partial charge in [-0.05, 0) is 6.07 Å². The number of rotatable bonds is 8. The van der Waals surface area contributed by atoms with Gasteiger partial charge >= 0.3 is 5.97 Å². The fraction of sp³-hybridized carbons (Fsp3) is 0.429. The van der Waals surface area contributed by atoms with E-state index in [-0.39, 0.29) is 18.9 Å². The maximum Gasteiger partial charge on any atom is 0.310 e. The highest BCUT2D eigenvalue weighted by atomic mass is 16.5. The average Bonchev–Trinajstić information content (AvgIpc) is 2.46. The monoisotopic (exact) mass is 281 g/mol. The summed E-state index contributed by atoms with van der Waals surface area (Å²) in [5.41, 5.74) is 0.722. The molecule has 1 N–H and O–H groups in total. The summed E-state index contributed by atoms with van der Waals surface area (Å²) in [6.07, 6.45) is 0.0648. The van der Waals surface area contributed by atoms with Gasteiger partial charge in [0.2, 0.25) is 0 Å². The lowest BCUT2D eigenvalue weighted by Gasteiger charge is -2.08. The van der Waals surface area contributed by atoms with Gasteiger partial charge in [-0.3, -0.25) is 9.59 Å². The lowest BCUT2D eigenvalue weighted by Crippen LogP contribution is -2.31. The molecule has 6 heteroatoms. The minimum absolute atomic E-state index is 0.0648. The molecule has 0 spiro atoms. The van der Waals surface area contributed by atoms with Crippen LogP contribution in [0.5, 0.6) is 5.75 Å². The Bertz CT molecular complexity index is 447. The van der Waals surface area contributed by atoms with E-state index in [0.29, 0.717) is 18.9 Å². The summed E-state index contributed by atoms with van der Waals surface area (Å²) in [6.45, 7) is 0.512. The lowest BCUT2D eigenvalue weighted by molar-refractivity contribution is -0.147. The topological polar surface area (TPSA) is 73.9 Å². The van der Waals surface area contributed by atoms with Gasteiger partial charge in [0.15, 0.2) is 6.61 Å². The molecule has 1 amide bonds. The van der Waals surface area contributed by atoms with Crippen molar-refractivity contribution in [2.75, 3.05) is 34.0 Å². The second kappa shape index (κ2) is 8.92. The SMILES string of the molecule is COCCNC(=O)COC(=O)Cc1ccccc1OC. The lowest BCUT2D eigenvalue weighted by atomic mass is 10.1. The predicted octanol–water partition coefficient (Wildman–Crippen LogP) is 0.543. The number of methoxy groups -OCH3 is 2. The van der Waals surface area contributed by atoms with Crippen LogP contribution in [0.2, 0.25) is 0 Å². The zero-order chi connectivity index (χ0) is 14.8. The highest BCUT2D eigenvalue weighted by Crippen LogP contribution is 2.17. The van der Waals surface area contributed by atoms with Gasteiger partial charge in [-0.2, -0.15) is 0 Å². The van der Waals surface area contributed by atoms with Gasteiger partial charge < -0.3 is 19.5 Å². The standard InChI is InChI=1S/C14H19NO5/c1-18-8-7-15-13(16)10-20-14(17)9-11-5-3-4-6-12(11)19-2/h3-6H,7-10H2,1-2H3,(H,15,16). The number of benzene rings is 1. The van der Waals surface area contributed by atoms with Crippen LogP contribution in [-0.4, -0.2) is 45.9 Å². The highest BCUT2D eigenvalue weighted by molar-refractivity contribution is 5.81. The molecule has 0 aromatic heterocycles. The molecular weight excluding hydrogens is 262 g/mol. The fourth-order valence-electron chi connectivity index (χ4n) is 1.55. The van der Waals surface area contributed by atoms with Gasteiger partial charge in [-0.15, -0.1) is 0 Å². The Balaban J connectivity index is 2.35. The van der Waals surface area contributed by atoms with Crippen molar-refractivity contribution in [3.63, 3.8) is 0 Å². The molecule has 0 saturated carbocycles. The number of nitrogens with one attached hydrogen (secondary N) is 1. The van der Waals surface area contributed by atoms with E-state index in [4.69, 9.17) is 14.2 Å². The van der Waals surface area contributed by atoms with Gasteiger partial charge in [-0.1, -0.05) is 18.2 Å². The largest absolute Gasteiger partial charge is 0.496 e. The third-order valence-corrected chi connectivity index (χ3v) is 2.52. The van der Waals surface area contributed by atoms with Crippen LogP contribution in [0.15, 0.2) is 24.3 Å². The number of carbonyl (C=O) groups is 2. The van der Waals surface area contributed by atoms with Crippen LogP contribution in [0.4, 0.5) is 0 Å². The van der Waals surface area contributed by atoms with Crippen molar-refractivity contribution in [2.45, 2.75) is 6.42 Å². The molecule has 110 valence electrons. The number of para-hydroxylation sites is 1. The first kappa shape index (κ1) is 16.0. The number of carbonyl (C=O) groups excluding carboxylic acids is 2. The van der Waals surface area contributed by atoms with Crippen LogP contribution in [-0.2, 0) is 25.5 Å². The maximum absolute atomic E-state index is 11.6. The van der Waals surface area contributed by atoms with Crippen LogP contribution in [0.25, 0.3) is 0 Å². The van der Waals surface area contributed by atoms with Gasteiger partial charge in [0, 0.05) is 19.2 Å². The molecule has 0 bridgehead atoms. The molecule has 20 heavy (non-hydrogen) atoms. The zero-order valence-corrected chi connectivity index (χ0v) is 11.7. The fourth-order valence-corrected chi connectivity index (χ4v) is 1.55. The normalized spacial score (nSPS) is 9.90. The summed E-state index contributed by atoms with van der Waals surface area (Å²) in [4.78, 5) is 23.0. The minimum Gasteiger partial charge on any atom is -0.496 e. The van der Waals surface area contributed by atoms with E-state index in [2.05, 4.69) is 5.32 Å². The zero-order valence-electron chi connectivity index (χ0n) is 11.7. The summed E-state index contributed by atoms with van der Waals surface area (Å²) in [5, 5.41) is 2.56. The van der Waals surface area contributed by atoms with Crippen LogP contribution >= 0.6 is 0 Å². The first-order chi connectivity index (χ1) is 9.67. The van der Waals surface area contributed by atoms with Gasteiger partial charge in [0.25, 0.3) is 5.91 Å². The molecule has 0 unspecified atom stereocenters. The van der Waals surface area contributed by atoms with E-state index in [0.717, 1.165) is 5.56 Å². The minimum atomic E-state index is -0.476. The molecular formula is C14H19NO5. The number of esters is 1. The third kappa shape index (κ3) is 5.71. The van der Waals surface area contributed by atoms with Crippen LogP contribution in [0.1, 0.15) is 5.56 Å². The average molecular weight is 281 g/mol. The van der Waals surface area contributed by atoms with Gasteiger partial charge in [0.1, 0.15) is 5.75 Å². The molecule has 0 radical (unpaired) electrons. The molecule has 0 aliphatic rings.